The van der Waals surface area contributed by atoms with E-state index >= 15 is 4.57 Å². The first kappa shape index (κ1) is 24.7. The molecule has 0 saturated heterocycles. The number of rotatable bonds is 6. The van der Waals surface area contributed by atoms with Gasteiger partial charge in [0, 0.05) is 21.6 Å². The topological polar surface area (TPSA) is 56.3 Å². The van der Waals surface area contributed by atoms with Crippen LogP contribution in [-0.4, -0.2) is 17.6 Å². The predicted molar refractivity (Wildman–Crippen MR) is 152 cm³/mol. The maximum absolute atomic E-state index is 15.4. The Balaban J connectivity index is 1.95. The lowest BCUT2D eigenvalue weighted by molar-refractivity contribution is 0.0521. The van der Waals surface area contributed by atoms with Crippen molar-refractivity contribution >= 4 is 39.9 Å². The molecule has 0 N–H and O–H groups in total. The van der Waals surface area contributed by atoms with Crippen LogP contribution in [0.2, 0.25) is 0 Å². The molecule has 0 saturated carbocycles. The Morgan fingerprint density at radius 3 is 1.89 bits per heavy atom. The molecule has 1 aromatic heterocycles. The number of benzene rings is 4. The van der Waals surface area contributed by atoms with Gasteiger partial charge in [-0.2, -0.15) is 0 Å². The smallest absolute Gasteiger partial charge is 0.357 e. The predicted octanol–water partition coefficient (Wildman–Crippen LogP) is 6.33. The van der Waals surface area contributed by atoms with Crippen LogP contribution >= 0.6 is 7.14 Å². The van der Waals surface area contributed by atoms with Gasteiger partial charge in [-0.15, -0.1) is 0 Å². The van der Waals surface area contributed by atoms with Crippen molar-refractivity contribution in [3.05, 3.63) is 120 Å². The second kappa shape index (κ2) is 10.2. The summed E-state index contributed by atoms with van der Waals surface area (Å²) >= 11 is 0. The maximum Gasteiger partial charge on any atom is 0.357 e. The second-order valence-corrected chi connectivity index (χ2v) is 11.7. The van der Waals surface area contributed by atoms with E-state index in [1.165, 1.54) is 0 Å². The largest absolute Gasteiger partial charge is 0.461 e. The number of fused-ring (bicyclic) bond motifs is 1. The second-order valence-electron chi connectivity index (χ2n) is 9.07. The minimum atomic E-state index is -3.47. The number of carbonyl (C=O) groups is 1. The molecular formula is C32H28NO3P. The highest BCUT2D eigenvalue weighted by atomic mass is 31.2. The summed E-state index contributed by atoms with van der Waals surface area (Å²) in [4.78, 5) is 18.3. The standard InChI is InChI=1S/C32H28NO3P/c1-4-36-32(34)30-29(24-18-15-22(2)16-19-24)27-20-17-23(3)21-28(27)31(33-30)37(35,25-11-7-5-8-12-25)26-13-9-6-10-14-26/h5-21H,4H2,1-3H3. The van der Waals surface area contributed by atoms with Crippen LogP contribution < -0.4 is 16.0 Å². The molecular weight excluding hydrogens is 477 g/mol. The fraction of sp³-hybridized carbons (Fsp3) is 0.125. The highest BCUT2D eigenvalue weighted by Crippen LogP contribution is 2.45. The molecule has 37 heavy (non-hydrogen) atoms. The van der Waals surface area contributed by atoms with Gasteiger partial charge >= 0.3 is 5.97 Å². The van der Waals surface area contributed by atoms with Gasteiger partial charge in [0.1, 0.15) is 5.44 Å². The number of aromatic nitrogens is 1. The Labute approximate surface area is 217 Å². The Morgan fingerprint density at radius 2 is 1.32 bits per heavy atom. The molecule has 5 rings (SSSR count). The fourth-order valence-electron chi connectivity index (χ4n) is 4.68. The van der Waals surface area contributed by atoms with Crippen LogP contribution in [0.4, 0.5) is 0 Å². The third-order valence-electron chi connectivity index (χ3n) is 6.49. The Hall–Kier alpha value is -4.01. The zero-order valence-electron chi connectivity index (χ0n) is 21.1. The van der Waals surface area contributed by atoms with Crippen LogP contribution in [-0.2, 0) is 9.30 Å². The molecule has 0 aliphatic carbocycles. The first-order valence-electron chi connectivity index (χ1n) is 12.3. The van der Waals surface area contributed by atoms with Crippen LogP contribution in [0, 0.1) is 13.8 Å². The molecule has 0 fully saturated rings. The Bertz CT molecular complexity index is 1590. The lowest BCUT2D eigenvalue weighted by atomic mass is 9.96. The quantitative estimate of drug-likeness (QED) is 0.200. The number of aryl methyl sites for hydroxylation is 2. The van der Waals surface area contributed by atoms with E-state index in [1.54, 1.807) is 6.92 Å². The minimum absolute atomic E-state index is 0.171. The van der Waals surface area contributed by atoms with Crippen molar-refractivity contribution < 1.29 is 14.1 Å². The number of hydrogen-bond acceptors (Lipinski definition) is 4. The van der Waals surface area contributed by atoms with Crippen molar-refractivity contribution in [3.63, 3.8) is 0 Å². The van der Waals surface area contributed by atoms with Gasteiger partial charge < -0.3 is 9.30 Å². The van der Waals surface area contributed by atoms with E-state index in [0.29, 0.717) is 21.6 Å². The number of pyridine rings is 1. The molecule has 184 valence electrons. The zero-order valence-corrected chi connectivity index (χ0v) is 22.0. The van der Waals surface area contributed by atoms with Crippen molar-refractivity contribution in [1.29, 1.82) is 0 Å². The van der Waals surface area contributed by atoms with Gasteiger partial charge in [-0.05, 0) is 37.8 Å². The van der Waals surface area contributed by atoms with Crippen molar-refractivity contribution in [2.24, 2.45) is 0 Å². The van der Waals surface area contributed by atoms with Gasteiger partial charge in [-0.25, -0.2) is 9.78 Å². The monoisotopic (exact) mass is 505 g/mol. The molecule has 5 heteroatoms. The summed E-state index contributed by atoms with van der Waals surface area (Å²) in [7, 11) is -3.47. The third-order valence-corrected chi connectivity index (χ3v) is 9.47. The van der Waals surface area contributed by atoms with E-state index in [2.05, 4.69) is 0 Å². The number of nitrogens with zero attached hydrogens (tertiary/aromatic N) is 1. The van der Waals surface area contributed by atoms with Crippen LogP contribution in [0.5, 0.6) is 0 Å². The van der Waals surface area contributed by atoms with E-state index in [4.69, 9.17) is 9.72 Å². The summed E-state index contributed by atoms with van der Waals surface area (Å²) in [6, 6.07) is 32.8. The molecule has 0 spiro atoms. The van der Waals surface area contributed by atoms with Gasteiger partial charge in [0.25, 0.3) is 0 Å². The van der Waals surface area contributed by atoms with E-state index in [9.17, 15) is 4.79 Å². The lowest BCUT2D eigenvalue weighted by Gasteiger charge is -2.23. The first-order valence-corrected chi connectivity index (χ1v) is 14.0. The van der Waals surface area contributed by atoms with Gasteiger partial charge in [0.15, 0.2) is 12.8 Å². The van der Waals surface area contributed by atoms with E-state index in [1.807, 2.05) is 117 Å². The van der Waals surface area contributed by atoms with Gasteiger partial charge in [0.2, 0.25) is 0 Å². The molecule has 0 aliphatic rings. The molecule has 5 aromatic rings. The molecule has 0 atom stereocenters. The molecule has 4 nitrogen and oxygen atoms in total. The van der Waals surface area contributed by atoms with Crippen molar-refractivity contribution in [3.8, 4) is 11.1 Å². The average molecular weight is 506 g/mol. The average Bonchev–Trinajstić information content (AvgIpc) is 2.93. The first-order chi connectivity index (χ1) is 17.9. The SMILES string of the molecule is CCOC(=O)c1nc(P(=O)(c2ccccc2)c2ccccc2)c2cc(C)ccc2c1-c1ccc(C)cc1. The Kier molecular flexibility index (Phi) is 6.78. The molecule has 0 unspecified atom stereocenters. The zero-order chi connectivity index (χ0) is 26.0. The van der Waals surface area contributed by atoms with Crippen molar-refractivity contribution in [1.82, 2.24) is 4.98 Å². The number of carbonyl (C=O) groups excluding carboxylic acids is 1. The normalized spacial score (nSPS) is 11.4. The summed E-state index contributed by atoms with van der Waals surface area (Å²) in [5.74, 6) is -0.533. The fourth-order valence-corrected chi connectivity index (χ4v) is 7.42. The summed E-state index contributed by atoms with van der Waals surface area (Å²) in [6.45, 7) is 6.01. The molecule has 4 aromatic carbocycles. The lowest BCUT2D eigenvalue weighted by Crippen LogP contribution is -2.29. The summed E-state index contributed by atoms with van der Waals surface area (Å²) in [6.07, 6.45) is 0. The number of ether oxygens (including phenoxy) is 1. The van der Waals surface area contributed by atoms with Gasteiger partial charge in [-0.1, -0.05) is 108 Å². The third kappa shape index (κ3) is 4.50. The van der Waals surface area contributed by atoms with Crippen molar-refractivity contribution in [2.75, 3.05) is 6.61 Å². The van der Waals surface area contributed by atoms with E-state index in [0.717, 1.165) is 27.5 Å². The number of esters is 1. The van der Waals surface area contributed by atoms with Crippen LogP contribution in [0.3, 0.4) is 0 Å². The minimum Gasteiger partial charge on any atom is -0.461 e. The van der Waals surface area contributed by atoms with Crippen molar-refractivity contribution in [2.45, 2.75) is 20.8 Å². The molecule has 0 amide bonds. The van der Waals surface area contributed by atoms with Gasteiger partial charge in [-0.3, -0.25) is 0 Å². The molecule has 0 radical (unpaired) electrons. The van der Waals surface area contributed by atoms with Crippen LogP contribution in [0.1, 0.15) is 28.5 Å². The van der Waals surface area contributed by atoms with E-state index < -0.39 is 13.1 Å². The number of hydrogen-bond donors (Lipinski definition) is 0. The molecule has 1 heterocycles. The maximum atomic E-state index is 15.4. The van der Waals surface area contributed by atoms with E-state index in [-0.39, 0.29) is 12.3 Å². The molecule has 0 bridgehead atoms. The summed E-state index contributed by atoms with van der Waals surface area (Å²) in [5, 5.41) is 2.90. The highest BCUT2D eigenvalue weighted by Gasteiger charge is 2.35. The van der Waals surface area contributed by atoms with Crippen LogP contribution in [0.15, 0.2) is 103 Å². The molecule has 0 aliphatic heterocycles. The summed E-state index contributed by atoms with van der Waals surface area (Å²) < 4.78 is 20.8. The van der Waals surface area contributed by atoms with Crippen LogP contribution in [0.25, 0.3) is 21.9 Å². The van der Waals surface area contributed by atoms with Gasteiger partial charge in [0.05, 0.1) is 6.61 Å². The summed E-state index contributed by atoms with van der Waals surface area (Å²) in [5.41, 5.74) is 4.23. The Morgan fingerprint density at radius 1 is 0.757 bits per heavy atom. The highest BCUT2D eigenvalue weighted by molar-refractivity contribution is 7.85.